The van der Waals surface area contributed by atoms with Crippen LogP contribution < -0.4 is 0 Å². The number of carbonyl (C=O) groups excluding carboxylic acids is 1. The predicted octanol–water partition coefficient (Wildman–Crippen LogP) is 3.38. The Hall–Kier alpha value is -1.37. The zero-order valence-corrected chi connectivity index (χ0v) is 9.00. The lowest BCUT2D eigenvalue weighted by Gasteiger charge is -2.00. The quantitative estimate of drug-likeness (QED) is 0.664. The molecule has 0 aliphatic carbocycles. The summed E-state index contributed by atoms with van der Waals surface area (Å²) in [4.78, 5) is 11.2. The van der Waals surface area contributed by atoms with Crippen LogP contribution in [-0.2, 0) is 4.79 Å². The minimum absolute atomic E-state index is 0.160. The van der Waals surface area contributed by atoms with Crippen LogP contribution in [0.3, 0.4) is 0 Å². The number of rotatable bonds is 3. The van der Waals surface area contributed by atoms with Crippen LogP contribution in [-0.4, -0.2) is 5.78 Å². The van der Waals surface area contributed by atoms with Gasteiger partial charge in [-0.3, -0.25) is 4.79 Å². The van der Waals surface area contributed by atoms with Crippen LogP contribution in [0.25, 0.3) is 6.08 Å². The molecule has 0 heterocycles. The van der Waals surface area contributed by atoms with E-state index in [4.69, 9.17) is 0 Å². The Bertz CT molecular complexity index is 344. The molecule has 14 heavy (non-hydrogen) atoms. The van der Waals surface area contributed by atoms with Crippen molar-refractivity contribution in [1.29, 1.82) is 0 Å². The SMILES string of the molecule is CC/C(=C/c1ccc(C)cc1)C(C)=O. The maximum atomic E-state index is 11.2. The zero-order valence-electron chi connectivity index (χ0n) is 9.00. The third-order valence-electron chi connectivity index (χ3n) is 2.25. The number of allylic oxidation sites excluding steroid dienone is 1. The molecule has 0 unspecified atom stereocenters. The first-order valence-corrected chi connectivity index (χ1v) is 4.91. The molecule has 0 saturated heterocycles. The van der Waals surface area contributed by atoms with Gasteiger partial charge >= 0.3 is 0 Å². The van der Waals surface area contributed by atoms with Crippen molar-refractivity contribution < 1.29 is 4.79 Å². The number of ketones is 1. The van der Waals surface area contributed by atoms with Gasteiger partial charge in [0.2, 0.25) is 0 Å². The highest BCUT2D eigenvalue weighted by Gasteiger charge is 2.00. The molecule has 0 spiro atoms. The van der Waals surface area contributed by atoms with Crippen LogP contribution >= 0.6 is 0 Å². The summed E-state index contributed by atoms with van der Waals surface area (Å²) in [6, 6.07) is 8.18. The average molecular weight is 188 g/mol. The number of hydrogen-bond donors (Lipinski definition) is 0. The molecule has 1 heteroatoms. The van der Waals surface area contributed by atoms with Gasteiger partial charge in [0.05, 0.1) is 0 Å². The van der Waals surface area contributed by atoms with Gasteiger partial charge in [0.1, 0.15) is 0 Å². The summed E-state index contributed by atoms with van der Waals surface area (Å²) in [5.41, 5.74) is 3.22. The van der Waals surface area contributed by atoms with E-state index in [9.17, 15) is 4.79 Å². The van der Waals surface area contributed by atoms with Gasteiger partial charge in [0.25, 0.3) is 0 Å². The Morgan fingerprint density at radius 2 is 1.86 bits per heavy atom. The summed E-state index contributed by atoms with van der Waals surface area (Å²) in [6.45, 7) is 5.67. The maximum absolute atomic E-state index is 11.2. The normalized spacial score (nSPS) is 11.5. The van der Waals surface area contributed by atoms with Gasteiger partial charge in [0.15, 0.2) is 5.78 Å². The van der Waals surface area contributed by atoms with Crippen molar-refractivity contribution in [2.45, 2.75) is 27.2 Å². The first-order chi connectivity index (χ1) is 6.63. The lowest BCUT2D eigenvalue weighted by Crippen LogP contribution is -1.94. The lowest BCUT2D eigenvalue weighted by molar-refractivity contribution is -0.113. The zero-order chi connectivity index (χ0) is 10.6. The van der Waals surface area contributed by atoms with Gasteiger partial charge in [-0.15, -0.1) is 0 Å². The van der Waals surface area contributed by atoms with Crippen molar-refractivity contribution in [2.24, 2.45) is 0 Å². The molecule has 1 rings (SSSR count). The first kappa shape index (κ1) is 10.7. The summed E-state index contributed by atoms with van der Waals surface area (Å²) in [7, 11) is 0. The van der Waals surface area contributed by atoms with E-state index in [1.165, 1.54) is 5.56 Å². The van der Waals surface area contributed by atoms with E-state index in [-0.39, 0.29) is 5.78 Å². The van der Waals surface area contributed by atoms with E-state index < -0.39 is 0 Å². The summed E-state index contributed by atoms with van der Waals surface area (Å²) >= 11 is 0. The second-order valence-corrected chi connectivity index (χ2v) is 3.49. The number of benzene rings is 1. The molecule has 74 valence electrons. The minimum atomic E-state index is 0.160. The van der Waals surface area contributed by atoms with Gasteiger partial charge in [-0.2, -0.15) is 0 Å². The standard InChI is InChI=1S/C13H16O/c1-4-13(11(3)14)9-12-7-5-10(2)6-8-12/h5-9H,4H2,1-3H3/b13-9-. The van der Waals surface area contributed by atoms with E-state index in [0.717, 1.165) is 17.6 Å². The van der Waals surface area contributed by atoms with Gasteiger partial charge in [-0.05, 0) is 37.5 Å². The van der Waals surface area contributed by atoms with Crippen molar-refractivity contribution in [3.05, 3.63) is 41.0 Å². The fraction of sp³-hybridized carbons (Fsp3) is 0.308. The summed E-state index contributed by atoms with van der Waals surface area (Å²) in [5.74, 6) is 0.160. The van der Waals surface area contributed by atoms with Crippen LogP contribution in [0.1, 0.15) is 31.4 Å². The molecule has 1 aromatic carbocycles. The number of aryl methyl sites for hydroxylation is 1. The van der Waals surface area contributed by atoms with Crippen LogP contribution in [0.4, 0.5) is 0 Å². The Morgan fingerprint density at radius 1 is 1.29 bits per heavy atom. The Kier molecular flexibility index (Phi) is 3.63. The van der Waals surface area contributed by atoms with E-state index in [2.05, 4.69) is 19.1 Å². The number of carbonyl (C=O) groups is 1. The molecule has 1 aromatic rings. The van der Waals surface area contributed by atoms with Crippen molar-refractivity contribution in [3.8, 4) is 0 Å². The second-order valence-electron chi connectivity index (χ2n) is 3.49. The van der Waals surface area contributed by atoms with Crippen molar-refractivity contribution in [3.63, 3.8) is 0 Å². The third kappa shape index (κ3) is 2.84. The Labute approximate surface area is 85.5 Å². The number of hydrogen-bond acceptors (Lipinski definition) is 1. The number of Topliss-reactive ketones (excluding diaryl/α,β-unsaturated/α-hetero) is 1. The largest absolute Gasteiger partial charge is 0.295 e. The van der Waals surface area contributed by atoms with Gasteiger partial charge in [0, 0.05) is 0 Å². The molecule has 0 aromatic heterocycles. The average Bonchev–Trinajstić information content (AvgIpc) is 2.16. The third-order valence-corrected chi connectivity index (χ3v) is 2.25. The van der Waals surface area contributed by atoms with E-state index in [1.54, 1.807) is 6.92 Å². The molecule has 0 fully saturated rings. The highest BCUT2D eigenvalue weighted by Crippen LogP contribution is 2.11. The maximum Gasteiger partial charge on any atom is 0.155 e. The molecule has 0 bridgehead atoms. The molecule has 0 N–H and O–H groups in total. The van der Waals surface area contributed by atoms with Crippen molar-refractivity contribution in [2.75, 3.05) is 0 Å². The highest BCUT2D eigenvalue weighted by atomic mass is 16.1. The van der Waals surface area contributed by atoms with E-state index in [0.29, 0.717) is 0 Å². The van der Waals surface area contributed by atoms with Crippen molar-refractivity contribution in [1.82, 2.24) is 0 Å². The van der Waals surface area contributed by atoms with Crippen molar-refractivity contribution >= 4 is 11.9 Å². The molecule has 1 nitrogen and oxygen atoms in total. The molecular formula is C13H16O. The van der Waals surface area contributed by atoms with Gasteiger partial charge in [-0.1, -0.05) is 36.8 Å². The monoisotopic (exact) mass is 188 g/mol. The first-order valence-electron chi connectivity index (χ1n) is 4.91. The second kappa shape index (κ2) is 4.75. The fourth-order valence-electron chi connectivity index (χ4n) is 1.32. The molecule has 0 atom stereocenters. The molecule has 0 aliphatic heterocycles. The lowest BCUT2D eigenvalue weighted by atomic mass is 10.0. The van der Waals surface area contributed by atoms with E-state index in [1.807, 2.05) is 25.1 Å². The molecule has 0 radical (unpaired) electrons. The summed E-state index contributed by atoms with van der Waals surface area (Å²) in [5, 5.41) is 0. The Balaban J connectivity index is 2.95. The highest BCUT2D eigenvalue weighted by molar-refractivity contribution is 5.97. The van der Waals surface area contributed by atoms with Crippen LogP contribution in [0.2, 0.25) is 0 Å². The van der Waals surface area contributed by atoms with Gasteiger partial charge < -0.3 is 0 Å². The van der Waals surface area contributed by atoms with Crippen LogP contribution in [0.15, 0.2) is 29.8 Å². The molecule has 0 saturated carbocycles. The smallest absolute Gasteiger partial charge is 0.155 e. The van der Waals surface area contributed by atoms with Crippen LogP contribution in [0, 0.1) is 6.92 Å². The van der Waals surface area contributed by atoms with E-state index >= 15 is 0 Å². The fourth-order valence-corrected chi connectivity index (χ4v) is 1.32. The molecule has 0 aliphatic rings. The van der Waals surface area contributed by atoms with Gasteiger partial charge in [-0.25, -0.2) is 0 Å². The topological polar surface area (TPSA) is 17.1 Å². The Morgan fingerprint density at radius 3 is 2.29 bits per heavy atom. The summed E-state index contributed by atoms with van der Waals surface area (Å²) in [6.07, 6.45) is 2.75. The predicted molar refractivity (Wildman–Crippen MR) is 60.1 cm³/mol. The van der Waals surface area contributed by atoms with Crippen LogP contribution in [0.5, 0.6) is 0 Å². The molecular weight excluding hydrogens is 172 g/mol. The summed E-state index contributed by atoms with van der Waals surface area (Å²) < 4.78 is 0. The molecule has 0 amide bonds. The minimum Gasteiger partial charge on any atom is -0.295 e.